The van der Waals surface area contributed by atoms with Crippen molar-refractivity contribution >= 4 is 23.2 Å². The largest absolute Gasteiger partial charge is 0.356 e. The minimum atomic E-state index is -0.348. The molecule has 1 N–H and O–H groups in total. The maximum absolute atomic E-state index is 13.1. The number of benzene rings is 1. The molecule has 1 unspecified atom stereocenters. The second-order valence-corrected chi connectivity index (χ2v) is 9.67. The highest BCUT2D eigenvalue weighted by atomic mass is 32.1. The fourth-order valence-corrected chi connectivity index (χ4v) is 5.34. The van der Waals surface area contributed by atoms with E-state index in [1.165, 1.54) is 35.6 Å². The van der Waals surface area contributed by atoms with Gasteiger partial charge in [0.1, 0.15) is 5.82 Å². The predicted molar refractivity (Wildman–Crippen MR) is 120 cm³/mol. The number of likely N-dealkylation sites (tertiary alicyclic amines) is 2. The van der Waals surface area contributed by atoms with Gasteiger partial charge in [0.25, 0.3) is 5.91 Å². The minimum absolute atomic E-state index is 0.0388. The lowest BCUT2D eigenvalue weighted by Crippen LogP contribution is -2.45. The van der Waals surface area contributed by atoms with Crippen molar-refractivity contribution in [1.82, 2.24) is 15.1 Å². The number of carbonyl (C=O) groups excluding carboxylic acids is 2. The molecule has 1 aromatic carbocycles. The second kappa shape index (κ2) is 10.4. The van der Waals surface area contributed by atoms with Crippen LogP contribution in [0.5, 0.6) is 0 Å². The van der Waals surface area contributed by atoms with Crippen molar-refractivity contribution in [3.05, 3.63) is 58.0 Å². The first-order valence-electron chi connectivity index (χ1n) is 11.2. The minimum Gasteiger partial charge on any atom is -0.356 e. The highest BCUT2D eigenvalue weighted by molar-refractivity contribution is 7.09. The number of hydrogen-bond acceptors (Lipinski definition) is 4. The Morgan fingerprint density at radius 3 is 2.55 bits per heavy atom. The monoisotopic (exact) mass is 443 g/mol. The van der Waals surface area contributed by atoms with Crippen LogP contribution in [0.2, 0.25) is 0 Å². The van der Waals surface area contributed by atoms with Crippen molar-refractivity contribution in [3.63, 3.8) is 0 Å². The van der Waals surface area contributed by atoms with Crippen LogP contribution in [0.25, 0.3) is 0 Å². The Kier molecular flexibility index (Phi) is 7.35. The third-order valence-corrected chi connectivity index (χ3v) is 7.23. The Morgan fingerprint density at radius 2 is 1.84 bits per heavy atom. The fraction of sp³-hybridized carbons (Fsp3) is 0.500. The Bertz CT molecular complexity index is 863. The molecule has 4 rings (SSSR count). The second-order valence-electron chi connectivity index (χ2n) is 8.64. The Labute approximate surface area is 187 Å². The number of piperidine rings is 2. The Morgan fingerprint density at radius 1 is 1.06 bits per heavy atom. The molecule has 3 heterocycles. The molecule has 0 bridgehead atoms. The van der Waals surface area contributed by atoms with Crippen molar-refractivity contribution in [1.29, 1.82) is 0 Å². The van der Waals surface area contributed by atoms with Gasteiger partial charge in [-0.1, -0.05) is 6.07 Å². The number of thiophene rings is 1. The lowest BCUT2D eigenvalue weighted by Gasteiger charge is -2.34. The molecule has 1 atom stereocenters. The summed E-state index contributed by atoms with van der Waals surface area (Å²) in [6, 6.07) is 9.93. The van der Waals surface area contributed by atoms with E-state index in [1.807, 2.05) is 0 Å². The molecule has 1 aromatic heterocycles. The van der Waals surface area contributed by atoms with E-state index in [0.29, 0.717) is 37.4 Å². The van der Waals surface area contributed by atoms with E-state index in [4.69, 9.17) is 0 Å². The number of carbonyl (C=O) groups is 2. The highest BCUT2D eigenvalue weighted by Gasteiger charge is 2.28. The van der Waals surface area contributed by atoms with Crippen LogP contribution in [0.15, 0.2) is 41.8 Å². The molecule has 5 nitrogen and oxygen atoms in total. The fourth-order valence-electron chi connectivity index (χ4n) is 4.59. The lowest BCUT2D eigenvalue weighted by molar-refractivity contribution is -0.126. The number of rotatable bonds is 6. The molecule has 2 fully saturated rings. The van der Waals surface area contributed by atoms with Crippen LogP contribution in [0.4, 0.5) is 4.39 Å². The lowest BCUT2D eigenvalue weighted by atomic mass is 9.94. The van der Waals surface area contributed by atoms with Crippen molar-refractivity contribution < 1.29 is 14.0 Å². The molecule has 2 aliphatic heterocycles. The summed E-state index contributed by atoms with van der Waals surface area (Å²) in [4.78, 5) is 30.9. The van der Waals surface area contributed by atoms with Gasteiger partial charge in [-0.15, -0.1) is 11.3 Å². The van der Waals surface area contributed by atoms with E-state index >= 15 is 0 Å². The summed E-state index contributed by atoms with van der Waals surface area (Å²) >= 11 is 1.80. The standard InChI is InChI=1S/C24H30FN3O2S/c25-21-7-5-20(6-8-21)24(30)28-12-9-19(10-13-28)23(29)26-15-18-3-1-11-27(16-18)17-22-4-2-14-31-22/h2,4-8,14,18-19H,1,3,9-13,15-17H2,(H,26,29). The number of nitrogens with one attached hydrogen (secondary N) is 1. The molecule has 2 aliphatic rings. The molecule has 2 aromatic rings. The summed E-state index contributed by atoms with van der Waals surface area (Å²) in [5, 5.41) is 5.30. The van der Waals surface area contributed by atoms with Gasteiger partial charge >= 0.3 is 0 Å². The van der Waals surface area contributed by atoms with E-state index in [1.54, 1.807) is 16.2 Å². The van der Waals surface area contributed by atoms with Gasteiger partial charge in [-0.25, -0.2) is 4.39 Å². The Hall–Kier alpha value is -2.25. The van der Waals surface area contributed by atoms with Crippen molar-refractivity contribution in [3.8, 4) is 0 Å². The van der Waals surface area contributed by atoms with Gasteiger partial charge in [0, 0.05) is 49.1 Å². The zero-order valence-corrected chi connectivity index (χ0v) is 18.6. The molecular weight excluding hydrogens is 413 g/mol. The van der Waals surface area contributed by atoms with Gasteiger partial charge in [0.05, 0.1) is 0 Å². The molecule has 0 radical (unpaired) electrons. The Balaban J connectivity index is 1.19. The summed E-state index contributed by atoms with van der Waals surface area (Å²) in [5.41, 5.74) is 0.494. The van der Waals surface area contributed by atoms with Gasteiger partial charge in [-0.05, 0) is 73.9 Å². The number of hydrogen-bond donors (Lipinski definition) is 1. The first-order valence-corrected chi connectivity index (χ1v) is 12.0. The van der Waals surface area contributed by atoms with Gasteiger partial charge in [-0.3, -0.25) is 14.5 Å². The molecular formula is C24H30FN3O2S. The summed E-state index contributed by atoms with van der Waals surface area (Å²) in [7, 11) is 0. The van der Waals surface area contributed by atoms with Crippen LogP contribution >= 0.6 is 11.3 Å². The normalized spacial score (nSPS) is 20.5. The number of nitrogens with zero attached hydrogens (tertiary/aromatic N) is 2. The molecule has 0 aliphatic carbocycles. The molecule has 0 saturated carbocycles. The molecule has 7 heteroatoms. The maximum Gasteiger partial charge on any atom is 0.253 e. The van der Waals surface area contributed by atoms with Crippen LogP contribution in [0.3, 0.4) is 0 Å². The summed E-state index contributed by atoms with van der Waals surface area (Å²) < 4.78 is 13.1. The van der Waals surface area contributed by atoms with Crippen molar-refractivity contribution in [2.24, 2.45) is 11.8 Å². The molecule has 0 spiro atoms. The van der Waals surface area contributed by atoms with E-state index in [-0.39, 0.29) is 23.5 Å². The van der Waals surface area contributed by atoms with Crippen LogP contribution in [0, 0.1) is 17.7 Å². The highest BCUT2D eigenvalue weighted by Crippen LogP contribution is 2.22. The van der Waals surface area contributed by atoms with Gasteiger partial charge in [0.2, 0.25) is 5.91 Å². The molecule has 31 heavy (non-hydrogen) atoms. The van der Waals surface area contributed by atoms with Crippen molar-refractivity contribution in [2.75, 3.05) is 32.7 Å². The van der Waals surface area contributed by atoms with Crippen LogP contribution in [-0.4, -0.2) is 54.3 Å². The van der Waals surface area contributed by atoms with E-state index in [9.17, 15) is 14.0 Å². The third kappa shape index (κ3) is 5.92. The van der Waals surface area contributed by atoms with Crippen LogP contribution in [0.1, 0.15) is 40.9 Å². The summed E-state index contributed by atoms with van der Waals surface area (Å²) in [6.07, 6.45) is 3.68. The maximum atomic E-state index is 13.1. The SMILES string of the molecule is O=C(NCC1CCCN(Cc2cccs2)C1)C1CCN(C(=O)c2ccc(F)cc2)CC1. The molecule has 2 saturated heterocycles. The van der Waals surface area contributed by atoms with E-state index in [2.05, 4.69) is 27.7 Å². The molecule has 2 amide bonds. The average Bonchev–Trinajstić information content (AvgIpc) is 3.31. The first-order chi connectivity index (χ1) is 15.1. The van der Waals surface area contributed by atoms with Crippen molar-refractivity contribution in [2.45, 2.75) is 32.2 Å². The average molecular weight is 444 g/mol. The van der Waals surface area contributed by atoms with E-state index < -0.39 is 0 Å². The third-order valence-electron chi connectivity index (χ3n) is 6.37. The predicted octanol–water partition coefficient (Wildman–Crippen LogP) is 3.77. The van der Waals surface area contributed by atoms with Crippen LogP contribution in [-0.2, 0) is 11.3 Å². The zero-order valence-electron chi connectivity index (χ0n) is 17.8. The quantitative estimate of drug-likeness (QED) is 0.740. The van der Waals surface area contributed by atoms with Gasteiger partial charge in [0.15, 0.2) is 0 Å². The van der Waals surface area contributed by atoms with Gasteiger partial charge in [-0.2, -0.15) is 0 Å². The first kappa shape index (κ1) is 22.0. The number of halogens is 1. The summed E-state index contributed by atoms with van der Waals surface area (Å²) in [6.45, 7) is 5.02. The van der Waals surface area contributed by atoms with E-state index in [0.717, 1.165) is 32.6 Å². The zero-order chi connectivity index (χ0) is 21.6. The number of amides is 2. The summed E-state index contributed by atoms with van der Waals surface area (Å²) in [5.74, 6) is 0.136. The molecule has 166 valence electrons. The van der Waals surface area contributed by atoms with Crippen LogP contribution < -0.4 is 5.32 Å². The van der Waals surface area contributed by atoms with Gasteiger partial charge < -0.3 is 10.2 Å². The topological polar surface area (TPSA) is 52.7 Å². The smallest absolute Gasteiger partial charge is 0.253 e.